The van der Waals surface area contributed by atoms with Gasteiger partial charge in [-0.3, -0.25) is 4.90 Å². The summed E-state index contributed by atoms with van der Waals surface area (Å²) in [6.07, 6.45) is 0.330. The molecule has 15 heavy (non-hydrogen) atoms. The van der Waals surface area contributed by atoms with E-state index >= 15 is 0 Å². The van der Waals surface area contributed by atoms with Crippen molar-refractivity contribution in [3.8, 4) is 5.75 Å². The van der Waals surface area contributed by atoms with Crippen LogP contribution in [0.5, 0.6) is 5.75 Å². The van der Waals surface area contributed by atoms with Crippen LogP contribution < -0.4 is 10.2 Å². The summed E-state index contributed by atoms with van der Waals surface area (Å²) in [7, 11) is 2.08. The van der Waals surface area contributed by atoms with E-state index in [2.05, 4.69) is 17.4 Å². The lowest BCUT2D eigenvalue weighted by Crippen LogP contribution is -2.51. The Morgan fingerprint density at radius 2 is 2.07 bits per heavy atom. The third kappa shape index (κ3) is 2.68. The molecule has 0 bridgehead atoms. The normalized spacial score (nSPS) is 17.5. The average molecular weight is 208 g/mol. The number of hydrogen-bond donors (Lipinski definition) is 2. The Balaban J connectivity index is 1.87. The van der Waals surface area contributed by atoms with E-state index in [0.717, 1.165) is 24.4 Å². The molecule has 0 aromatic heterocycles. The van der Waals surface area contributed by atoms with Crippen LogP contribution in [0.1, 0.15) is 5.56 Å². The Hall–Kier alpha value is -1.10. The minimum absolute atomic E-state index is 0.330. The first-order chi connectivity index (χ1) is 7.28. The second-order valence-corrected chi connectivity index (χ2v) is 3.94. The van der Waals surface area contributed by atoms with E-state index in [1.54, 1.807) is 0 Å². The molecule has 1 aromatic rings. The van der Waals surface area contributed by atoms with Gasteiger partial charge in [0.25, 0.3) is 0 Å². The van der Waals surface area contributed by atoms with Crippen LogP contribution >= 0.6 is 0 Å². The lowest BCUT2D eigenvalue weighted by atomic mass is 10.2. The van der Waals surface area contributed by atoms with Crippen molar-refractivity contribution in [2.24, 2.45) is 0 Å². The molecule has 0 saturated carbocycles. The second kappa shape index (κ2) is 4.61. The molecule has 1 heterocycles. The monoisotopic (exact) mass is 208 g/mol. The molecule has 0 radical (unpaired) electrons. The molecule has 0 unspecified atom stereocenters. The highest BCUT2D eigenvalue weighted by Gasteiger charge is 2.24. The van der Waals surface area contributed by atoms with Crippen LogP contribution in [0.4, 0.5) is 0 Å². The minimum atomic E-state index is 0.330. The van der Waals surface area contributed by atoms with Gasteiger partial charge in [0.2, 0.25) is 0 Å². The van der Waals surface area contributed by atoms with Crippen molar-refractivity contribution in [3.63, 3.8) is 0 Å². The SMILES string of the molecule is CN1CC(Oc2ccc(CNO)cc2)C1. The van der Waals surface area contributed by atoms with Crippen molar-refractivity contribution >= 4 is 0 Å². The molecule has 0 atom stereocenters. The topological polar surface area (TPSA) is 44.7 Å². The largest absolute Gasteiger partial charge is 0.488 e. The maximum Gasteiger partial charge on any atom is 0.124 e. The maximum absolute atomic E-state index is 8.52. The zero-order valence-electron chi connectivity index (χ0n) is 8.81. The van der Waals surface area contributed by atoms with Crippen molar-refractivity contribution in [2.75, 3.05) is 20.1 Å². The Morgan fingerprint density at radius 3 is 2.60 bits per heavy atom. The number of likely N-dealkylation sites (tertiary alicyclic amines) is 1. The molecule has 4 nitrogen and oxygen atoms in total. The number of likely N-dealkylation sites (N-methyl/N-ethyl adjacent to an activating group) is 1. The van der Waals surface area contributed by atoms with Crippen molar-refractivity contribution < 1.29 is 9.94 Å². The Kier molecular flexibility index (Phi) is 3.20. The fraction of sp³-hybridized carbons (Fsp3) is 0.455. The van der Waals surface area contributed by atoms with Crippen molar-refractivity contribution in [2.45, 2.75) is 12.6 Å². The van der Waals surface area contributed by atoms with E-state index < -0.39 is 0 Å². The Labute approximate surface area is 89.4 Å². The van der Waals surface area contributed by atoms with Gasteiger partial charge in [-0.15, -0.1) is 0 Å². The van der Waals surface area contributed by atoms with Crippen LogP contribution in [-0.2, 0) is 6.54 Å². The minimum Gasteiger partial charge on any atom is -0.488 e. The molecule has 2 N–H and O–H groups in total. The van der Waals surface area contributed by atoms with E-state index in [1.165, 1.54) is 0 Å². The summed E-state index contributed by atoms with van der Waals surface area (Å²) in [6.45, 7) is 2.46. The van der Waals surface area contributed by atoms with Gasteiger partial charge in [0.05, 0.1) is 0 Å². The van der Waals surface area contributed by atoms with Crippen LogP contribution in [0.3, 0.4) is 0 Å². The molecule has 1 saturated heterocycles. The number of nitrogens with one attached hydrogen (secondary N) is 1. The lowest BCUT2D eigenvalue weighted by Gasteiger charge is -2.36. The quantitative estimate of drug-likeness (QED) is 0.720. The van der Waals surface area contributed by atoms with Gasteiger partial charge in [-0.25, -0.2) is 5.48 Å². The number of hydrogen-bond acceptors (Lipinski definition) is 4. The third-order valence-electron chi connectivity index (χ3n) is 2.54. The highest BCUT2D eigenvalue weighted by Crippen LogP contribution is 2.17. The molecule has 1 aliphatic heterocycles. The predicted molar refractivity (Wildman–Crippen MR) is 57.0 cm³/mol. The molecule has 1 fully saturated rings. The van der Waals surface area contributed by atoms with E-state index in [9.17, 15) is 0 Å². The summed E-state index contributed by atoms with van der Waals surface area (Å²) >= 11 is 0. The summed E-state index contributed by atoms with van der Waals surface area (Å²) in [5, 5.41) is 8.52. The molecule has 1 aromatic carbocycles. The predicted octanol–water partition coefficient (Wildman–Crippen LogP) is 0.858. The summed E-state index contributed by atoms with van der Waals surface area (Å²) < 4.78 is 5.73. The first kappa shape index (κ1) is 10.4. The van der Waals surface area contributed by atoms with E-state index in [1.807, 2.05) is 24.3 Å². The maximum atomic E-state index is 8.52. The highest BCUT2D eigenvalue weighted by atomic mass is 16.5. The Morgan fingerprint density at radius 1 is 1.40 bits per heavy atom. The third-order valence-corrected chi connectivity index (χ3v) is 2.54. The Bertz CT molecular complexity index is 307. The first-order valence-corrected chi connectivity index (χ1v) is 5.09. The summed E-state index contributed by atoms with van der Waals surface area (Å²) in [5.41, 5.74) is 3.16. The van der Waals surface area contributed by atoms with Crippen LogP contribution in [0, 0.1) is 0 Å². The molecule has 1 aliphatic rings. The van der Waals surface area contributed by atoms with Gasteiger partial charge in [-0.2, -0.15) is 0 Å². The van der Waals surface area contributed by atoms with E-state index in [0.29, 0.717) is 12.6 Å². The van der Waals surface area contributed by atoms with Crippen molar-refractivity contribution in [1.29, 1.82) is 0 Å². The molecule has 82 valence electrons. The fourth-order valence-corrected chi connectivity index (χ4v) is 1.69. The summed E-state index contributed by atoms with van der Waals surface area (Å²) in [5.74, 6) is 0.898. The fourth-order valence-electron chi connectivity index (χ4n) is 1.69. The van der Waals surface area contributed by atoms with E-state index in [4.69, 9.17) is 9.94 Å². The molecule has 0 amide bonds. The zero-order chi connectivity index (χ0) is 10.7. The smallest absolute Gasteiger partial charge is 0.124 e. The zero-order valence-corrected chi connectivity index (χ0v) is 8.81. The van der Waals surface area contributed by atoms with Gasteiger partial charge in [-0.1, -0.05) is 12.1 Å². The van der Waals surface area contributed by atoms with Gasteiger partial charge in [0, 0.05) is 19.6 Å². The number of hydroxylamine groups is 1. The molecule has 0 spiro atoms. The average Bonchev–Trinajstić information content (AvgIpc) is 2.19. The summed E-state index contributed by atoms with van der Waals surface area (Å²) in [6, 6.07) is 7.76. The lowest BCUT2D eigenvalue weighted by molar-refractivity contribution is 0.0388. The number of rotatable bonds is 4. The number of nitrogens with zero attached hydrogens (tertiary/aromatic N) is 1. The molecule has 0 aliphatic carbocycles. The van der Waals surface area contributed by atoms with Gasteiger partial charge >= 0.3 is 0 Å². The van der Waals surface area contributed by atoms with Crippen LogP contribution in [0.15, 0.2) is 24.3 Å². The van der Waals surface area contributed by atoms with Crippen molar-refractivity contribution in [3.05, 3.63) is 29.8 Å². The van der Waals surface area contributed by atoms with Gasteiger partial charge in [0.1, 0.15) is 11.9 Å². The summed E-state index contributed by atoms with van der Waals surface area (Å²) in [4.78, 5) is 2.22. The molecule has 4 heteroatoms. The van der Waals surface area contributed by atoms with E-state index in [-0.39, 0.29) is 0 Å². The molecular weight excluding hydrogens is 192 g/mol. The standard InChI is InChI=1S/C11H16N2O2/c1-13-7-11(8-13)15-10-4-2-9(3-5-10)6-12-14/h2-5,11-12,14H,6-8H2,1H3. The second-order valence-electron chi connectivity index (χ2n) is 3.94. The highest BCUT2D eigenvalue weighted by molar-refractivity contribution is 5.27. The van der Waals surface area contributed by atoms with Crippen LogP contribution in [0.25, 0.3) is 0 Å². The van der Waals surface area contributed by atoms with Crippen molar-refractivity contribution in [1.82, 2.24) is 10.4 Å². The molecular formula is C11H16N2O2. The molecule has 2 rings (SSSR count). The number of ether oxygens (including phenoxy) is 1. The van der Waals surface area contributed by atoms with Gasteiger partial charge in [0.15, 0.2) is 0 Å². The van der Waals surface area contributed by atoms with Crippen LogP contribution in [0.2, 0.25) is 0 Å². The van der Waals surface area contributed by atoms with Crippen LogP contribution in [-0.4, -0.2) is 36.3 Å². The first-order valence-electron chi connectivity index (χ1n) is 5.09. The van der Waals surface area contributed by atoms with Gasteiger partial charge in [-0.05, 0) is 24.7 Å². The number of benzene rings is 1. The van der Waals surface area contributed by atoms with Gasteiger partial charge < -0.3 is 9.94 Å².